The summed E-state index contributed by atoms with van der Waals surface area (Å²) in [5.41, 5.74) is 0. The summed E-state index contributed by atoms with van der Waals surface area (Å²) in [5, 5.41) is 3.97. The van der Waals surface area contributed by atoms with Gasteiger partial charge in [-0.25, -0.2) is 4.98 Å². The number of hydrogen-bond acceptors (Lipinski definition) is 3. The van der Waals surface area contributed by atoms with Crippen LogP contribution >= 0.6 is 0 Å². The van der Waals surface area contributed by atoms with Crippen LogP contribution in [0.4, 0.5) is 0 Å². The van der Waals surface area contributed by atoms with Crippen LogP contribution in [0.2, 0.25) is 0 Å². The third-order valence-corrected chi connectivity index (χ3v) is 2.87. The Bertz CT molecular complexity index is 327. The summed E-state index contributed by atoms with van der Waals surface area (Å²) < 4.78 is 1.67. The first-order valence-corrected chi connectivity index (χ1v) is 6.04. The van der Waals surface area contributed by atoms with E-state index in [4.69, 9.17) is 0 Å². The Hall–Kier alpha value is -1.19. The van der Waals surface area contributed by atoms with Gasteiger partial charge in [-0.05, 0) is 12.8 Å². The third kappa shape index (κ3) is 3.43. The molecular weight excluding hydrogens is 202 g/mol. The number of Topliss-reactive ketones (excluding diaryl/α,β-unsaturated/α-hetero) is 1. The predicted molar refractivity (Wildman–Crippen MR) is 63.0 cm³/mol. The molecule has 0 aromatic carbocycles. The number of rotatable bonds is 7. The summed E-state index contributed by atoms with van der Waals surface area (Å²) in [5.74, 6) is 1.27. The van der Waals surface area contributed by atoms with Crippen molar-refractivity contribution in [3.63, 3.8) is 0 Å². The van der Waals surface area contributed by atoms with Gasteiger partial charge in [0.2, 0.25) is 0 Å². The van der Waals surface area contributed by atoms with E-state index < -0.39 is 0 Å². The number of hydrogen-bond donors (Lipinski definition) is 0. The van der Waals surface area contributed by atoms with Gasteiger partial charge in [0.05, 0.1) is 6.42 Å². The molecule has 0 aliphatic heterocycles. The number of aryl methyl sites for hydroxylation is 1. The molecule has 0 aliphatic carbocycles. The Morgan fingerprint density at radius 1 is 1.38 bits per heavy atom. The zero-order valence-corrected chi connectivity index (χ0v) is 10.4. The highest BCUT2D eigenvalue weighted by molar-refractivity contribution is 5.82. The van der Waals surface area contributed by atoms with E-state index in [0.717, 1.165) is 31.5 Å². The van der Waals surface area contributed by atoms with Gasteiger partial charge < -0.3 is 0 Å². The summed E-state index contributed by atoms with van der Waals surface area (Å²) in [6.45, 7) is 4.25. The van der Waals surface area contributed by atoms with Gasteiger partial charge in [-0.15, -0.1) is 0 Å². The van der Waals surface area contributed by atoms with Crippen LogP contribution in [-0.4, -0.2) is 20.5 Å². The minimum absolute atomic E-state index is 0.201. The molecule has 0 spiro atoms. The molecule has 0 saturated carbocycles. The van der Waals surface area contributed by atoms with Gasteiger partial charge in [-0.1, -0.05) is 26.7 Å². The van der Waals surface area contributed by atoms with Crippen molar-refractivity contribution >= 4 is 5.78 Å². The van der Waals surface area contributed by atoms with Crippen LogP contribution < -0.4 is 0 Å². The summed E-state index contributed by atoms with van der Waals surface area (Å²) in [6, 6.07) is 0. The fourth-order valence-corrected chi connectivity index (χ4v) is 1.94. The van der Waals surface area contributed by atoms with Crippen LogP contribution in [0.3, 0.4) is 0 Å². The van der Waals surface area contributed by atoms with Crippen LogP contribution in [0.1, 0.15) is 45.4 Å². The predicted octanol–water partition coefficient (Wildman–Crippen LogP) is 2.14. The molecule has 0 saturated heterocycles. The van der Waals surface area contributed by atoms with Crippen LogP contribution in [0, 0.1) is 5.92 Å². The molecule has 0 N–H and O–H groups in total. The minimum Gasteiger partial charge on any atom is -0.299 e. The van der Waals surface area contributed by atoms with E-state index in [1.165, 1.54) is 6.33 Å². The Morgan fingerprint density at radius 3 is 2.44 bits per heavy atom. The lowest BCUT2D eigenvalue weighted by Crippen LogP contribution is -2.18. The fraction of sp³-hybridized carbons (Fsp3) is 0.750. The largest absolute Gasteiger partial charge is 0.299 e. The molecule has 0 bridgehead atoms. The second kappa shape index (κ2) is 6.40. The molecule has 16 heavy (non-hydrogen) atoms. The molecule has 4 nitrogen and oxygen atoms in total. The van der Waals surface area contributed by atoms with Crippen molar-refractivity contribution in [1.29, 1.82) is 0 Å². The maximum atomic E-state index is 12.1. The van der Waals surface area contributed by atoms with Crippen LogP contribution in [0.25, 0.3) is 0 Å². The monoisotopic (exact) mass is 223 g/mol. The maximum absolute atomic E-state index is 12.1. The van der Waals surface area contributed by atoms with E-state index in [0.29, 0.717) is 12.2 Å². The molecule has 0 amide bonds. The van der Waals surface area contributed by atoms with Gasteiger partial charge in [-0.2, -0.15) is 5.10 Å². The number of nitrogens with zero attached hydrogens (tertiary/aromatic N) is 3. The molecule has 1 heterocycles. The lowest BCUT2D eigenvalue weighted by atomic mass is 9.92. The SMILES string of the molecule is CCCC(CCC)C(=O)Cc1ncnn1C. The lowest BCUT2D eigenvalue weighted by molar-refractivity contribution is -0.122. The Balaban J connectivity index is 2.58. The van der Waals surface area contributed by atoms with E-state index in [1.54, 1.807) is 4.68 Å². The highest BCUT2D eigenvalue weighted by Gasteiger charge is 2.18. The van der Waals surface area contributed by atoms with Crippen molar-refractivity contribution in [2.45, 2.75) is 46.0 Å². The van der Waals surface area contributed by atoms with Gasteiger partial charge in [0, 0.05) is 13.0 Å². The van der Waals surface area contributed by atoms with E-state index in [9.17, 15) is 4.79 Å². The van der Waals surface area contributed by atoms with E-state index in [-0.39, 0.29) is 5.92 Å². The molecule has 0 fully saturated rings. The van der Waals surface area contributed by atoms with Gasteiger partial charge >= 0.3 is 0 Å². The van der Waals surface area contributed by atoms with Crippen LogP contribution in [-0.2, 0) is 18.3 Å². The molecule has 0 atom stereocenters. The van der Waals surface area contributed by atoms with Gasteiger partial charge in [0.1, 0.15) is 17.9 Å². The minimum atomic E-state index is 0.201. The molecule has 0 aliphatic rings. The second-order valence-electron chi connectivity index (χ2n) is 4.22. The smallest absolute Gasteiger partial charge is 0.143 e. The number of aromatic nitrogens is 3. The van der Waals surface area contributed by atoms with Crippen molar-refractivity contribution in [2.75, 3.05) is 0 Å². The van der Waals surface area contributed by atoms with Crippen molar-refractivity contribution in [2.24, 2.45) is 13.0 Å². The van der Waals surface area contributed by atoms with E-state index in [1.807, 2.05) is 7.05 Å². The standard InChI is InChI=1S/C12H21N3O/c1-4-6-10(7-5-2)11(16)8-12-13-9-14-15(12)3/h9-10H,4-8H2,1-3H3. The van der Waals surface area contributed by atoms with Gasteiger partial charge in [0.25, 0.3) is 0 Å². The van der Waals surface area contributed by atoms with Crippen LogP contribution in [0.15, 0.2) is 6.33 Å². The summed E-state index contributed by atoms with van der Waals surface area (Å²) in [7, 11) is 1.82. The Kier molecular flexibility index (Phi) is 5.15. The summed E-state index contributed by atoms with van der Waals surface area (Å²) >= 11 is 0. The molecule has 0 unspecified atom stereocenters. The molecule has 4 heteroatoms. The molecule has 1 rings (SSSR count). The molecule has 0 radical (unpaired) electrons. The number of ketones is 1. The highest BCUT2D eigenvalue weighted by Crippen LogP contribution is 2.16. The van der Waals surface area contributed by atoms with Crippen molar-refractivity contribution in [3.05, 3.63) is 12.2 Å². The average molecular weight is 223 g/mol. The molecule has 1 aromatic rings. The molecular formula is C12H21N3O. The summed E-state index contributed by atoms with van der Waals surface area (Å²) in [6.07, 6.45) is 6.03. The molecule has 90 valence electrons. The normalized spacial score (nSPS) is 11.0. The highest BCUT2D eigenvalue weighted by atomic mass is 16.1. The first-order chi connectivity index (χ1) is 7.69. The third-order valence-electron chi connectivity index (χ3n) is 2.87. The first-order valence-electron chi connectivity index (χ1n) is 6.04. The van der Waals surface area contributed by atoms with E-state index in [2.05, 4.69) is 23.9 Å². The first kappa shape index (κ1) is 12.9. The number of carbonyl (C=O) groups is 1. The Morgan fingerprint density at radius 2 is 2.00 bits per heavy atom. The Labute approximate surface area is 97.1 Å². The quantitative estimate of drug-likeness (QED) is 0.711. The van der Waals surface area contributed by atoms with Crippen LogP contribution in [0.5, 0.6) is 0 Å². The van der Waals surface area contributed by atoms with E-state index >= 15 is 0 Å². The zero-order valence-electron chi connectivity index (χ0n) is 10.4. The topological polar surface area (TPSA) is 47.8 Å². The molecule has 1 aromatic heterocycles. The van der Waals surface area contributed by atoms with Crippen molar-refractivity contribution in [3.8, 4) is 0 Å². The zero-order chi connectivity index (χ0) is 12.0. The van der Waals surface area contributed by atoms with Gasteiger partial charge in [-0.3, -0.25) is 9.48 Å². The summed E-state index contributed by atoms with van der Waals surface area (Å²) in [4.78, 5) is 16.2. The lowest BCUT2D eigenvalue weighted by Gasteiger charge is -2.13. The fourth-order valence-electron chi connectivity index (χ4n) is 1.94. The van der Waals surface area contributed by atoms with Gasteiger partial charge in [0.15, 0.2) is 0 Å². The average Bonchev–Trinajstić information content (AvgIpc) is 2.64. The second-order valence-corrected chi connectivity index (χ2v) is 4.22. The maximum Gasteiger partial charge on any atom is 0.143 e. The number of carbonyl (C=O) groups excluding carboxylic acids is 1. The van der Waals surface area contributed by atoms with Crippen molar-refractivity contribution in [1.82, 2.24) is 14.8 Å². The van der Waals surface area contributed by atoms with Crippen molar-refractivity contribution < 1.29 is 4.79 Å².